The van der Waals surface area contributed by atoms with Crippen LogP contribution in [-0.2, 0) is 21.2 Å². The van der Waals surface area contributed by atoms with Crippen LogP contribution in [0.2, 0.25) is 0 Å². The van der Waals surface area contributed by atoms with Gasteiger partial charge in [0.2, 0.25) is 0 Å². The number of pyridine rings is 1. The molecule has 34 heavy (non-hydrogen) atoms. The number of hydrogen-bond donors (Lipinski definition) is 0. The Labute approximate surface area is 198 Å². The molecule has 0 bridgehead atoms. The number of nitrogens with zero attached hydrogens (tertiary/aromatic N) is 5. The van der Waals surface area contributed by atoms with E-state index < -0.39 is 15.8 Å². The molecule has 176 valence electrons. The molecule has 6 rings (SSSR count). The van der Waals surface area contributed by atoms with Crippen molar-refractivity contribution in [3.8, 4) is 0 Å². The highest BCUT2D eigenvalue weighted by Gasteiger charge is 2.34. The molecule has 0 amide bonds. The highest BCUT2D eigenvalue weighted by Crippen LogP contribution is 2.41. The number of carbonyl (C=O) groups excluding carboxylic acids is 1. The van der Waals surface area contributed by atoms with Crippen molar-refractivity contribution in [2.75, 3.05) is 11.5 Å². The Hall–Kier alpha value is -3.12. The predicted octanol–water partition coefficient (Wildman–Crippen LogP) is 2.40. The molecule has 4 aromatic rings. The molecule has 5 heterocycles. The molecular weight excluding hydrogens is 478 g/mol. The van der Waals surface area contributed by atoms with E-state index in [1.54, 1.807) is 29.2 Å². The van der Waals surface area contributed by atoms with Crippen molar-refractivity contribution in [3.63, 3.8) is 0 Å². The lowest BCUT2D eigenvalue weighted by Crippen LogP contribution is -2.15. The van der Waals surface area contributed by atoms with Crippen LogP contribution in [0.1, 0.15) is 58.7 Å². The molecule has 10 nitrogen and oxygen atoms in total. The van der Waals surface area contributed by atoms with Crippen molar-refractivity contribution >= 4 is 43.1 Å². The van der Waals surface area contributed by atoms with Crippen LogP contribution >= 0.6 is 11.3 Å². The first-order valence-electron chi connectivity index (χ1n) is 11.0. The number of sulfone groups is 1. The summed E-state index contributed by atoms with van der Waals surface area (Å²) in [7, 11) is -3.11. The maximum Gasteiger partial charge on any atom is 0.339 e. The van der Waals surface area contributed by atoms with Crippen molar-refractivity contribution in [1.82, 2.24) is 24.1 Å². The number of aromatic nitrogens is 5. The van der Waals surface area contributed by atoms with E-state index in [4.69, 9.17) is 9.72 Å². The van der Waals surface area contributed by atoms with E-state index in [1.165, 1.54) is 21.8 Å². The van der Waals surface area contributed by atoms with Gasteiger partial charge < -0.3 is 4.74 Å². The summed E-state index contributed by atoms with van der Waals surface area (Å²) in [5, 5.41) is 6.92. The highest BCUT2D eigenvalue weighted by atomic mass is 32.2. The van der Waals surface area contributed by atoms with Gasteiger partial charge >= 0.3 is 5.97 Å². The lowest BCUT2D eigenvalue weighted by Gasteiger charge is -2.12. The van der Waals surface area contributed by atoms with Crippen LogP contribution in [0.25, 0.3) is 16.0 Å². The summed E-state index contributed by atoms with van der Waals surface area (Å²) in [6, 6.07) is 2.81. The molecule has 0 N–H and O–H groups in total. The molecule has 4 aromatic heterocycles. The fraction of sp³-hybridized carbons (Fsp3) is 0.409. The van der Waals surface area contributed by atoms with Crippen molar-refractivity contribution in [2.24, 2.45) is 0 Å². The second-order valence-corrected chi connectivity index (χ2v) is 12.0. The molecule has 1 saturated heterocycles. The molecule has 1 atom stereocenters. The van der Waals surface area contributed by atoms with Crippen molar-refractivity contribution in [1.29, 1.82) is 0 Å². The predicted molar refractivity (Wildman–Crippen MR) is 125 cm³/mol. The smallest absolute Gasteiger partial charge is 0.339 e. The average molecular weight is 500 g/mol. The SMILES string of the molecule is Cc1nn([C@H]2CCS(=O)(=O)C2)c2nc(C3CC3)cc(C(=O)OCc3cc(=O)n4ccsc4n3)c12. The van der Waals surface area contributed by atoms with E-state index in [9.17, 15) is 18.0 Å². The van der Waals surface area contributed by atoms with E-state index in [0.29, 0.717) is 39.4 Å². The van der Waals surface area contributed by atoms with Crippen LogP contribution in [0.5, 0.6) is 0 Å². The minimum atomic E-state index is -3.11. The summed E-state index contributed by atoms with van der Waals surface area (Å²) >= 11 is 1.33. The number of rotatable bonds is 5. The minimum absolute atomic E-state index is 0.0186. The van der Waals surface area contributed by atoms with Crippen LogP contribution in [0.4, 0.5) is 0 Å². The lowest BCUT2D eigenvalue weighted by molar-refractivity contribution is 0.0470. The zero-order chi connectivity index (χ0) is 23.6. The monoisotopic (exact) mass is 499 g/mol. The Bertz CT molecular complexity index is 1630. The van der Waals surface area contributed by atoms with Gasteiger partial charge in [-0.2, -0.15) is 5.10 Å². The van der Waals surface area contributed by atoms with Crippen LogP contribution < -0.4 is 5.56 Å². The Morgan fingerprint density at radius 3 is 2.79 bits per heavy atom. The molecule has 1 aliphatic carbocycles. The van der Waals surface area contributed by atoms with Gasteiger partial charge in [-0.05, 0) is 32.3 Å². The molecular formula is C22H21N5O5S2. The van der Waals surface area contributed by atoms with Gasteiger partial charge in [-0.15, -0.1) is 11.3 Å². The third-order valence-corrected chi connectivity index (χ3v) is 8.84. The van der Waals surface area contributed by atoms with E-state index in [2.05, 4.69) is 10.1 Å². The van der Waals surface area contributed by atoms with Gasteiger partial charge in [0.05, 0.1) is 39.9 Å². The molecule has 2 fully saturated rings. The first kappa shape index (κ1) is 21.4. The fourth-order valence-corrected chi connectivity index (χ4v) is 6.91. The summed E-state index contributed by atoms with van der Waals surface area (Å²) in [6.07, 6.45) is 4.10. The molecule has 1 saturated carbocycles. The van der Waals surface area contributed by atoms with Gasteiger partial charge in [0.1, 0.15) is 6.61 Å². The number of thiazole rings is 1. The van der Waals surface area contributed by atoms with Crippen LogP contribution in [0, 0.1) is 6.92 Å². The largest absolute Gasteiger partial charge is 0.456 e. The average Bonchev–Trinajstić information content (AvgIpc) is 3.29. The molecule has 0 unspecified atom stereocenters. The second kappa shape index (κ2) is 7.70. The molecule has 0 radical (unpaired) electrons. The number of carbonyl (C=O) groups is 1. The molecule has 2 aliphatic rings. The number of fused-ring (bicyclic) bond motifs is 2. The summed E-state index contributed by atoms with van der Waals surface area (Å²) in [5.74, 6) is -0.138. The van der Waals surface area contributed by atoms with Crippen LogP contribution in [-0.4, -0.2) is 50.0 Å². The number of hydrogen-bond acceptors (Lipinski definition) is 9. The maximum absolute atomic E-state index is 13.2. The Morgan fingerprint density at radius 1 is 1.24 bits per heavy atom. The highest BCUT2D eigenvalue weighted by molar-refractivity contribution is 7.91. The van der Waals surface area contributed by atoms with Gasteiger partial charge in [0.25, 0.3) is 5.56 Å². The third-order valence-electron chi connectivity index (χ3n) is 6.33. The van der Waals surface area contributed by atoms with Crippen LogP contribution in [0.3, 0.4) is 0 Å². The van der Waals surface area contributed by atoms with E-state index in [0.717, 1.165) is 18.5 Å². The lowest BCUT2D eigenvalue weighted by atomic mass is 10.1. The third kappa shape index (κ3) is 3.70. The van der Waals surface area contributed by atoms with Crippen molar-refractivity contribution in [2.45, 2.75) is 44.8 Å². The first-order valence-corrected chi connectivity index (χ1v) is 13.7. The van der Waals surface area contributed by atoms with Crippen LogP contribution in [0.15, 0.2) is 28.5 Å². The summed E-state index contributed by atoms with van der Waals surface area (Å²) in [4.78, 5) is 35.2. The molecule has 1 aliphatic heterocycles. The van der Waals surface area contributed by atoms with E-state index in [1.807, 2.05) is 0 Å². The summed E-state index contributed by atoms with van der Waals surface area (Å²) in [6.45, 7) is 1.64. The van der Waals surface area contributed by atoms with Crippen molar-refractivity contribution in [3.05, 3.63) is 56.7 Å². The number of ether oxygens (including phenoxy) is 1. The topological polar surface area (TPSA) is 126 Å². The Morgan fingerprint density at radius 2 is 2.06 bits per heavy atom. The standard InChI is InChI=1S/C22H21N5O5S2/c1-12-19-16(21(29)32-10-14-8-18(28)26-5-6-33-22(26)23-14)9-17(13-2-3-13)24-20(19)27(25-12)15-4-7-34(30,31)11-15/h5-6,8-9,13,15H,2-4,7,10-11H2,1H3/t15-/m0/s1. The van der Waals surface area contributed by atoms with E-state index >= 15 is 0 Å². The molecule has 12 heteroatoms. The normalized spacial score (nSPS) is 19.7. The summed E-state index contributed by atoms with van der Waals surface area (Å²) in [5.41, 5.74) is 2.40. The van der Waals surface area contributed by atoms with Gasteiger partial charge in [-0.1, -0.05) is 0 Å². The van der Waals surface area contributed by atoms with Gasteiger partial charge in [0.15, 0.2) is 20.4 Å². The fourth-order valence-electron chi connectivity index (χ4n) is 4.48. The second-order valence-electron chi connectivity index (χ2n) is 8.87. The van der Waals surface area contributed by atoms with Gasteiger partial charge in [-0.25, -0.2) is 27.9 Å². The van der Waals surface area contributed by atoms with Gasteiger partial charge in [0, 0.05) is 29.3 Å². The zero-order valence-electron chi connectivity index (χ0n) is 18.3. The Balaban J connectivity index is 1.37. The molecule has 0 spiro atoms. The number of aryl methyl sites for hydroxylation is 1. The summed E-state index contributed by atoms with van der Waals surface area (Å²) < 4.78 is 32.8. The Kier molecular flexibility index (Phi) is 4.85. The number of esters is 1. The molecule has 0 aromatic carbocycles. The van der Waals surface area contributed by atoms with Crippen molar-refractivity contribution < 1.29 is 17.9 Å². The van der Waals surface area contributed by atoms with E-state index in [-0.39, 0.29) is 35.6 Å². The zero-order valence-corrected chi connectivity index (χ0v) is 19.9. The van der Waals surface area contributed by atoms with Gasteiger partial charge in [-0.3, -0.25) is 9.20 Å². The first-order chi connectivity index (χ1) is 16.3. The maximum atomic E-state index is 13.2. The quantitative estimate of drug-likeness (QED) is 0.383. The minimum Gasteiger partial charge on any atom is -0.456 e.